The summed E-state index contributed by atoms with van der Waals surface area (Å²) in [6.07, 6.45) is 2.47. The van der Waals surface area contributed by atoms with E-state index < -0.39 is 28.0 Å². The molecule has 2 rings (SSSR count). The van der Waals surface area contributed by atoms with Crippen LogP contribution in [0.15, 0.2) is 29.2 Å². The normalized spacial score (nSPS) is 24.6. The van der Waals surface area contributed by atoms with Crippen LogP contribution in [0.25, 0.3) is 0 Å². The zero-order chi connectivity index (χ0) is 14.0. The van der Waals surface area contributed by atoms with Crippen LogP contribution in [-0.2, 0) is 10.0 Å². The van der Waals surface area contributed by atoms with Crippen molar-refractivity contribution in [1.29, 1.82) is 0 Å². The first-order valence-electron chi connectivity index (χ1n) is 6.34. The Morgan fingerprint density at radius 3 is 2.37 bits per heavy atom. The Morgan fingerprint density at radius 2 is 1.79 bits per heavy atom. The SMILES string of the molecule is CN([C@H]1CCCC[C@@H]1O)S(=O)(=O)c1ccc(F)cc1. The number of benzene rings is 1. The average Bonchev–Trinajstić information content (AvgIpc) is 2.39. The van der Waals surface area contributed by atoms with E-state index in [9.17, 15) is 17.9 Å². The Bertz CT molecular complexity index is 529. The maximum Gasteiger partial charge on any atom is 0.243 e. The van der Waals surface area contributed by atoms with Gasteiger partial charge in [0.1, 0.15) is 5.82 Å². The number of aliphatic hydroxyl groups is 1. The highest BCUT2D eigenvalue weighted by Gasteiger charge is 2.34. The molecule has 1 aliphatic rings. The van der Waals surface area contributed by atoms with Crippen molar-refractivity contribution in [1.82, 2.24) is 4.31 Å². The van der Waals surface area contributed by atoms with Gasteiger partial charge in [-0.05, 0) is 37.1 Å². The number of rotatable bonds is 3. The lowest BCUT2D eigenvalue weighted by Crippen LogP contribution is -2.46. The summed E-state index contributed by atoms with van der Waals surface area (Å²) < 4.78 is 38.8. The minimum Gasteiger partial charge on any atom is -0.391 e. The molecule has 0 aromatic heterocycles. The van der Waals surface area contributed by atoms with Crippen molar-refractivity contribution in [3.63, 3.8) is 0 Å². The van der Waals surface area contributed by atoms with Crippen molar-refractivity contribution < 1.29 is 17.9 Å². The number of nitrogens with zero attached hydrogens (tertiary/aromatic N) is 1. The molecule has 0 aliphatic heterocycles. The lowest BCUT2D eigenvalue weighted by Gasteiger charge is -2.34. The molecule has 0 radical (unpaired) electrons. The van der Waals surface area contributed by atoms with Gasteiger partial charge in [0, 0.05) is 7.05 Å². The van der Waals surface area contributed by atoms with Crippen LogP contribution < -0.4 is 0 Å². The fourth-order valence-corrected chi connectivity index (χ4v) is 3.88. The van der Waals surface area contributed by atoms with Crippen LogP contribution in [0.5, 0.6) is 0 Å². The number of likely N-dealkylation sites (N-methyl/N-ethyl adjacent to an activating group) is 1. The molecule has 0 spiro atoms. The van der Waals surface area contributed by atoms with E-state index >= 15 is 0 Å². The molecule has 0 heterocycles. The second kappa shape index (κ2) is 5.56. The maximum atomic E-state index is 12.8. The predicted octanol–water partition coefficient (Wildman–Crippen LogP) is 1.75. The highest BCUT2D eigenvalue weighted by molar-refractivity contribution is 7.89. The van der Waals surface area contributed by atoms with Crippen molar-refractivity contribution in [2.75, 3.05) is 7.05 Å². The molecule has 1 aromatic rings. The molecule has 106 valence electrons. The number of halogens is 1. The smallest absolute Gasteiger partial charge is 0.243 e. The fourth-order valence-electron chi connectivity index (χ4n) is 2.47. The summed E-state index contributed by atoms with van der Waals surface area (Å²) >= 11 is 0. The van der Waals surface area contributed by atoms with Gasteiger partial charge in [-0.25, -0.2) is 12.8 Å². The molecule has 0 bridgehead atoms. The van der Waals surface area contributed by atoms with Crippen molar-refractivity contribution in [3.05, 3.63) is 30.1 Å². The molecule has 0 amide bonds. The minimum absolute atomic E-state index is 0.0502. The predicted molar refractivity (Wildman–Crippen MR) is 69.6 cm³/mol. The Balaban J connectivity index is 2.25. The molecule has 1 aromatic carbocycles. The van der Waals surface area contributed by atoms with E-state index in [0.717, 1.165) is 25.0 Å². The topological polar surface area (TPSA) is 57.6 Å². The third kappa shape index (κ3) is 2.96. The van der Waals surface area contributed by atoms with Gasteiger partial charge in [0.15, 0.2) is 0 Å². The molecule has 1 aliphatic carbocycles. The Labute approximate surface area is 112 Å². The molecule has 19 heavy (non-hydrogen) atoms. The van der Waals surface area contributed by atoms with Gasteiger partial charge >= 0.3 is 0 Å². The first-order chi connectivity index (χ1) is 8.93. The van der Waals surface area contributed by atoms with E-state index in [1.807, 2.05) is 0 Å². The summed E-state index contributed by atoms with van der Waals surface area (Å²) in [5, 5.41) is 9.93. The van der Waals surface area contributed by atoms with Crippen LogP contribution in [0.1, 0.15) is 25.7 Å². The standard InChI is InChI=1S/C13H18FNO3S/c1-15(12-4-2-3-5-13(12)16)19(17,18)11-8-6-10(14)7-9-11/h6-9,12-13,16H,2-5H2,1H3/t12-,13-/m0/s1. The molecule has 1 fully saturated rings. The lowest BCUT2D eigenvalue weighted by molar-refractivity contribution is 0.0638. The molecule has 6 heteroatoms. The summed E-state index contributed by atoms with van der Waals surface area (Å²) in [5.74, 6) is -0.473. The van der Waals surface area contributed by atoms with Gasteiger partial charge in [0.25, 0.3) is 0 Å². The zero-order valence-corrected chi connectivity index (χ0v) is 11.6. The summed E-state index contributed by atoms with van der Waals surface area (Å²) in [4.78, 5) is 0.0502. The summed E-state index contributed by atoms with van der Waals surface area (Å²) in [6.45, 7) is 0. The first kappa shape index (κ1) is 14.4. The third-order valence-electron chi connectivity index (χ3n) is 3.65. The maximum absolute atomic E-state index is 12.8. The fraction of sp³-hybridized carbons (Fsp3) is 0.538. The van der Waals surface area contributed by atoms with Crippen molar-refractivity contribution in [2.24, 2.45) is 0 Å². The Hall–Kier alpha value is -0.980. The number of hydrogen-bond donors (Lipinski definition) is 1. The largest absolute Gasteiger partial charge is 0.391 e. The number of sulfonamides is 1. The molecule has 1 N–H and O–H groups in total. The highest BCUT2D eigenvalue weighted by Crippen LogP contribution is 2.26. The number of hydrogen-bond acceptors (Lipinski definition) is 3. The quantitative estimate of drug-likeness (QED) is 0.921. The third-order valence-corrected chi connectivity index (χ3v) is 5.55. The Morgan fingerprint density at radius 1 is 1.21 bits per heavy atom. The van der Waals surface area contributed by atoms with Crippen LogP contribution in [0, 0.1) is 5.82 Å². The van der Waals surface area contributed by atoms with Crippen LogP contribution in [0.2, 0.25) is 0 Å². The van der Waals surface area contributed by atoms with Crippen molar-refractivity contribution >= 4 is 10.0 Å². The van der Waals surface area contributed by atoms with Crippen LogP contribution in [-0.4, -0.2) is 37.0 Å². The molecular formula is C13H18FNO3S. The lowest BCUT2D eigenvalue weighted by atomic mass is 9.93. The number of aliphatic hydroxyl groups excluding tert-OH is 1. The zero-order valence-electron chi connectivity index (χ0n) is 10.8. The van der Waals surface area contributed by atoms with Gasteiger partial charge in [-0.15, -0.1) is 0 Å². The van der Waals surface area contributed by atoms with Gasteiger partial charge in [0.05, 0.1) is 17.0 Å². The van der Waals surface area contributed by atoms with E-state index in [4.69, 9.17) is 0 Å². The highest BCUT2D eigenvalue weighted by atomic mass is 32.2. The van der Waals surface area contributed by atoms with Gasteiger partial charge in [0.2, 0.25) is 10.0 Å². The van der Waals surface area contributed by atoms with E-state index in [-0.39, 0.29) is 4.90 Å². The second-order valence-electron chi connectivity index (χ2n) is 4.89. The Kier molecular flexibility index (Phi) is 4.23. The van der Waals surface area contributed by atoms with Gasteiger partial charge in [-0.2, -0.15) is 4.31 Å². The molecule has 1 saturated carbocycles. The summed E-state index contributed by atoms with van der Waals surface area (Å²) in [7, 11) is -2.21. The monoisotopic (exact) mass is 287 g/mol. The van der Waals surface area contributed by atoms with Crippen LogP contribution in [0.3, 0.4) is 0 Å². The molecular weight excluding hydrogens is 269 g/mol. The van der Waals surface area contributed by atoms with Crippen LogP contribution >= 0.6 is 0 Å². The van der Waals surface area contributed by atoms with Crippen LogP contribution in [0.4, 0.5) is 4.39 Å². The van der Waals surface area contributed by atoms with E-state index in [1.54, 1.807) is 0 Å². The van der Waals surface area contributed by atoms with Gasteiger partial charge < -0.3 is 5.11 Å². The molecule has 0 unspecified atom stereocenters. The van der Waals surface area contributed by atoms with Gasteiger partial charge in [-0.1, -0.05) is 12.8 Å². The summed E-state index contributed by atoms with van der Waals surface area (Å²) in [5.41, 5.74) is 0. The second-order valence-corrected chi connectivity index (χ2v) is 6.89. The molecule has 0 saturated heterocycles. The summed E-state index contributed by atoms with van der Waals surface area (Å²) in [6, 6.07) is 4.34. The average molecular weight is 287 g/mol. The van der Waals surface area contributed by atoms with E-state index in [2.05, 4.69) is 0 Å². The molecule has 4 nitrogen and oxygen atoms in total. The van der Waals surface area contributed by atoms with Crippen molar-refractivity contribution in [2.45, 2.75) is 42.7 Å². The first-order valence-corrected chi connectivity index (χ1v) is 7.78. The van der Waals surface area contributed by atoms with E-state index in [0.29, 0.717) is 12.8 Å². The van der Waals surface area contributed by atoms with E-state index in [1.165, 1.54) is 23.5 Å². The van der Waals surface area contributed by atoms with Crippen molar-refractivity contribution in [3.8, 4) is 0 Å². The molecule has 2 atom stereocenters. The minimum atomic E-state index is -3.68. The van der Waals surface area contributed by atoms with Gasteiger partial charge in [-0.3, -0.25) is 0 Å².